The first-order valence-electron chi connectivity index (χ1n) is 9.00. The summed E-state index contributed by atoms with van der Waals surface area (Å²) in [6.45, 7) is 2.24. The van der Waals surface area contributed by atoms with E-state index in [1.54, 1.807) is 6.08 Å². The molecule has 0 aliphatic rings. The SMILES string of the molecule is CCCCCCCSc1ccc(C(=O)C=Cc2ccc(Br)c(Br)c2)cc1. The van der Waals surface area contributed by atoms with Crippen LogP contribution in [0.25, 0.3) is 6.08 Å². The molecule has 0 atom stereocenters. The van der Waals surface area contributed by atoms with Gasteiger partial charge in [0, 0.05) is 19.4 Å². The average Bonchev–Trinajstić information content (AvgIpc) is 2.66. The zero-order valence-corrected chi connectivity index (χ0v) is 19.0. The van der Waals surface area contributed by atoms with Gasteiger partial charge in [-0.2, -0.15) is 0 Å². The lowest BCUT2D eigenvalue weighted by Gasteiger charge is -2.03. The van der Waals surface area contributed by atoms with Crippen molar-refractivity contribution in [3.05, 3.63) is 68.6 Å². The third-order valence-corrected chi connectivity index (χ3v) is 7.00. The number of halogens is 2. The highest BCUT2D eigenvalue weighted by molar-refractivity contribution is 9.13. The van der Waals surface area contributed by atoms with Crippen molar-refractivity contribution in [2.24, 2.45) is 0 Å². The summed E-state index contributed by atoms with van der Waals surface area (Å²) in [4.78, 5) is 13.6. The Balaban J connectivity index is 1.84. The second-order valence-corrected chi connectivity index (χ2v) is 9.04. The van der Waals surface area contributed by atoms with Crippen LogP contribution in [0.4, 0.5) is 0 Å². The maximum atomic E-state index is 12.3. The molecule has 0 saturated carbocycles. The maximum Gasteiger partial charge on any atom is 0.185 e. The first kappa shape index (κ1) is 21.5. The summed E-state index contributed by atoms with van der Waals surface area (Å²) in [5, 5.41) is 0. The Morgan fingerprint density at radius 2 is 1.69 bits per heavy atom. The summed E-state index contributed by atoms with van der Waals surface area (Å²) in [5.41, 5.74) is 1.72. The lowest BCUT2D eigenvalue weighted by atomic mass is 10.1. The number of rotatable bonds is 10. The fraction of sp³-hybridized carbons (Fsp3) is 0.318. The Labute approximate surface area is 177 Å². The number of hydrogen-bond acceptors (Lipinski definition) is 2. The second kappa shape index (κ2) is 11.8. The fourth-order valence-electron chi connectivity index (χ4n) is 2.50. The molecule has 0 saturated heterocycles. The molecule has 0 aromatic heterocycles. The molecule has 0 unspecified atom stereocenters. The molecule has 0 aliphatic heterocycles. The minimum atomic E-state index is 0.0279. The Hall–Kier alpha value is -0.840. The minimum Gasteiger partial charge on any atom is -0.289 e. The van der Waals surface area contributed by atoms with Gasteiger partial charge in [-0.05, 0) is 92.1 Å². The average molecular weight is 496 g/mol. The van der Waals surface area contributed by atoms with E-state index in [0.717, 1.165) is 25.8 Å². The Morgan fingerprint density at radius 1 is 0.962 bits per heavy atom. The van der Waals surface area contributed by atoms with Crippen LogP contribution in [0.5, 0.6) is 0 Å². The molecular weight excluding hydrogens is 472 g/mol. The molecule has 2 aromatic rings. The third kappa shape index (κ3) is 7.42. The fourth-order valence-corrected chi connectivity index (χ4v) is 4.05. The van der Waals surface area contributed by atoms with Crippen LogP contribution in [0.2, 0.25) is 0 Å². The van der Waals surface area contributed by atoms with E-state index in [1.165, 1.54) is 37.0 Å². The predicted octanol–water partition coefficient (Wildman–Crippen LogP) is 8.17. The number of thioether (sulfide) groups is 1. The van der Waals surface area contributed by atoms with Gasteiger partial charge in [-0.15, -0.1) is 11.8 Å². The van der Waals surface area contributed by atoms with Crippen molar-refractivity contribution in [1.82, 2.24) is 0 Å². The number of benzene rings is 2. The summed E-state index contributed by atoms with van der Waals surface area (Å²) in [7, 11) is 0. The van der Waals surface area contributed by atoms with Gasteiger partial charge in [0.2, 0.25) is 0 Å². The van der Waals surface area contributed by atoms with Gasteiger partial charge in [-0.1, -0.05) is 44.7 Å². The molecule has 4 heteroatoms. The first-order valence-corrected chi connectivity index (χ1v) is 11.6. The molecule has 0 fully saturated rings. The molecule has 26 heavy (non-hydrogen) atoms. The lowest BCUT2D eigenvalue weighted by molar-refractivity contribution is 0.104. The molecule has 0 amide bonds. The van der Waals surface area contributed by atoms with Gasteiger partial charge >= 0.3 is 0 Å². The van der Waals surface area contributed by atoms with Crippen molar-refractivity contribution in [2.45, 2.75) is 43.9 Å². The number of carbonyl (C=O) groups is 1. The molecule has 0 bridgehead atoms. The monoisotopic (exact) mass is 494 g/mol. The van der Waals surface area contributed by atoms with Gasteiger partial charge in [0.05, 0.1) is 0 Å². The van der Waals surface area contributed by atoms with Crippen LogP contribution in [0.15, 0.2) is 62.4 Å². The highest BCUT2D eigenvalue weighted by Gasteiger charge is 2.03. The van der Waals surface area contributed by atoms with E-state index in [2.05, 4.69) is 38.8 Å². The third-order valence-electron chi connectivity index (χ3n) is 4.03. The predicted molar refractivity (Wildman–Crippen MR) is 121 cm³/mol. The molecule has 2 rings (SSSR count). The number of carbonyl (C=O) groups excluding carboxylic acids is 1. The van der Waals surface area contributed by atoms with Crippen molar-refractivity contribution >= 4 is 55.5 Å². The van der Waals surface area contributed by atoms with Gasteiger partial charge in [0.15, 0.2) is 5.78 Å². The Morgan fingerprint density at radius 3 is 2.38 bits per heavy atom. The largest absolute Gasteiger partial charge is 0.289 e. The van der Waals surface area contributed by atoms with Gasteiger partial charge in [-0.3, -0.25) is 4.79 Å². The van der Waals surface area contributed by atoms with E-state index in [4.69, 9.17) is 0 Å². The van der Waals surface area contributed by atoms with Crippen molar-refractivity contribution in [3.63, 3.8) is 0 Å². The Kier molecular flexibility index (Phi) is 9.73. The van der Waals surface area contributed by atoms with Gasteiger partial charge in [0.25, 0.3) is 0 Å². The molecule has 138 valence electrons. The standard InChI is InChI=1S/C22H24Br2OS/c1-2-3-4-5-6-15-26-19-11-9-18(10-12-19)22(25)14-8-17-7-13-20(23)21(24)16-17/h7-14,16H,2-6,15H2,1H3. The van der Waals surface area contributed by atoms with E-state index in [9.17, 15) is 4.79 Å². The molecule has 0 aliphatic carbocycles. The summed E-state index contributed by atoms with van der Waals surface area (Å²) >= 11 is 8.80. The van der Waals surface area contributed by atoms with Crippen molar-refractivity contribution in [2.75, 3.05) is 5.75 Å². The summed E-state index contributed by atoms with van der Waals surface area (Å²) in [6.07, 6.45) is 10.0. The maximum absolute atomic E-state index is 12.3. The number of allylic oxidation sites excluding steroid dienone is 1. The van der Waals surface area contributed by atoms with Gasteiger partial charge in [-0.25, -0.2) is 0 Å². The van der Waals surface area contributed by atoms with Crippen LogP contribution in [-0.4, -0.2) is 11.5 Å². The second-order valence-electron chi connectivity index (χ2n) is 6.16. The lowest BCUT2D eigenvalue weighted by Crippen LogP contribution is -1.93. The van der Waals surface area contributed by atoms with E-state index in [0.29, 0.717) is 0 Å². The van der Waals surface area contributed by atoms with Crippen molar-refractivity contribution in [1.29, 1.82) is 0 Å². The van der Waals surface area contributed by atoms with Crippen LogP contribution in [0.1, 0.15) is 54.9 Å². The highest BCUT2D eigenvalue weighted by atomic mass is 79.9. The van der Waals surface area contributed by atoms with E-state index < -0.39 is 0 Å². The van der Waals surface area contributed by atoms with E-state index >= 15 is 0 Å². The molecule has 0 N–H and O–H groups in total. The molecule has 1 nitrogen and oxygen atoms in total. The van der Waals surface area contributed by atoms with Crippen LogP contribution < -0.4 is 0 Å². The molecule has 0 spiro atoms. The number of ketones is 1. The number of hydrogen-bond donors (Lipinski definition) is 0. The van der Waals surface area contributed by atoms with Crippen molar-refractivity contribution in [3.8, 4) is 0 Å². The van der Waals surface area contributed by atoms with Gasteiger partial charge in [0.1, 0.15) is 0 Å². The number of unbranched alkanes of at least 4 members (excludes halogenated alkanes) is 4. The van der Waals surface area contributed by atoms with Crippen LogP contribution in [0.3, 0.4) is 0 Å². The van der Waals surface area contributed by atoms with Crippen LogP contribution in [0, 0.1) is 0 Å². The van der Waals surface area contributed by atoms with Crippen LogP contribution >= 0.6 is 43.6 Å². The topological polar surface area (TPSA) is 17.1 Å². The highest BCUT2D eigenvalue weighted by Crippen LogP contribution is 2.24. The summed E-state index contributed by atoms with van der Waals surface area (Å²) in [5.74, 6) is 1.18. The molecular formula is C22H24Br2OS. The Bertz CT molecular complexity index is 738. The first-order chi connectivity index (χ1) is 12.6. The van der Waals surface area contributed by atoms with E-state index in [-0.39, 0.29) is 5.78 Å². The zero-order valence-electron chi connectivity index (χ0n) is 15.0. The van der Waals surface area contributed by atoms with E-state index in [1.807, 2.05) is 60.3 Å². The smallest absolute Gasteiger partial charge is 0.185 e. The summed E-state index contributed by atoms with van der Waals surface area (Å²) < 4.78 is 1.97. The molecule has 0 heterocycles. The molecule has 0 radical (unpaired) electrons. The zero-order chi connectivity index (χ0) is 18.8. The minimum absolute atomic E-state index is 0.0279. The summed E-state index contributed by atoms with van der Waals surface area (Å²) in [6, 6.07) is 13.9. The van der Waals surface area contributed by atoms with Gasteiger partial charge < -0.3 is 0 Å². The van der Waals surface area contributed by atoms with Crippen LogP contribution in [-0.2, 0) is 0 Å². The molecule has 2 aromatic carbocycles. The quantitative estimate of drug-likeness (QED) is 0.143. The normalized spacial score (nSPS) is 11.2. The van der Waals surface area contributed by atoms with Crippen molar-refractivity contribution < 1.29 is 4.79 Å².